The number of anilines is 1. The normalized spacial score (nSPS) is 13.7. The van der Waals surface area contributed by atoms with Gasteiger partial charge >= 0.3 is 5.97 Å². The van der Waals surface area contributed by atoms with Crippen LogP contribution in [0.5, 0.6) is 0 Å². The second-order valence-electron chi connectivity index (χ2n) is 5.30. The molecule has 0 amide bonds. The number of ether oxygens (including phenoxy) is 1. The Morgan fingerprint density at radius 3 is 2.76 bits per heavy atom. The van der Waals surface area contributed by atoms with Crippen molar-refractivity contribution in [1.29, 1.82) is 0 Å². The number of methoxy groups -OCH3 is 1. The molecule has 0 saturated heterocycles. The molecule has 0 bridgehead atoms. The van der Waals surface area contributed by atoms with Crippen LogP contribution in [0.2, 0.25) is 0 Å². The van der Waals surface area contributed by atoms with Gasteiger partial charge in [0.15, 0.2) is 0 Å². The highest BCUT2D eigenvalue weighted by Gasteiger charge is 2.19. The van der Waals surface area contributed by atoms with Crippen LogP contribution in [0, 0.1) is 0 Å². The molecule has 1 aliphatic heterocycles. The molecule has 0 N–H and O–H groups in total. The van der Waals surface area contributed by atoms with Crippen molar-refractivity contribution < 1.29 is 9.53 Å². The largest absolute Gasteiger partial charge is 0.465 e. The molecule has 3 nitrogen and oxygen atoms in total. The van der Waals surface area contributed by atoms with Crippen LogP contribution in [0.4, 0.5) is 5.69 Å². The van der Waals surface area contributed by atoms with Gasteiger partial charge in [0.05, 0.1) is 12.7 Å². The molecule has 21 heavy (non-hydrogen) atoms. The van der Waals surface area contributed by atoms with Crippen LogP contribution in [-0.4, -0.2) is 19.6 Å². The highest BCUT2D eigenvalue weighted by Crippen LogP contribution is 2.28. The Balaban J connectivity index is 1.90. The maximum absolute atomic E-state index is 11.9. The Labute approximate surface area is 125 Å². The number of esters is 1. The van der Waals surface area contributed by atoms with Crippen molar-refractivity contribution in [2.45, 2.75) is 19.4 Å². The van der Waals surface area contributed by atoms with Crippen LogP contribution < -0.4 is 4.90 Å². The molecule has 0 atom stereocenters. The van der Waals surface area contributed by atoms with E-state index in [0.29, 0.717) is 5.56 Å². The molecule has 1 aliphatic rings. The first-order valence-corrected chi connectivity index (χ1v) is 7.28. The molecule has 0 fully saturated rings. The van der Waals surface area contributed by atoms with E-state index in [1.807, 2.05) is 24.3 Å². The van der Waals surface area contributed by atoms with Crippen LogP contribution >= 0.6 is 0 Å². The zero-order valence-corrected chi connectivity index (χ0v) is 12.2. The van der Waals surface area contributed by atoms with Crippen LogP contribution in [0.15, 0.2) is 48.5 Å². The first kappa shape index (κ1) is 13.7. The number of benzene rings is 2. The lowest BCUT2D eigenvalue weighted by atomic mass is 10.00. The predicted molar refractivity (Wildman–Crippen MR) is 83.6 cm³/mol. The fraction of sp³-hybridized carbons (Fsp3) is 0.278. The van der Waals surface area contributed by atoms with Crippen molar-refractivity contribution in [2.75, 3.05) is 18.6 Å². The van der Waals surface area contributed by atoms with E-state index in [1.165, 1.54) is 18.4 Å². The molecular weight excluding hydrogens is 262 g/mol. The van der Waals surface area contributed by atoms with E-state index < -0.39 is 0 Å². The Bertz CT molecular complexity index is 651. The zero-order valence-electron chi connectivity index (χ0n) is 12.2. The summed E-state index contributed by atoms with van der Waals surface area (Å²) in [4.78, 5) is 14.2. The smallest absolute Gasteiger partial charge is 0.338 e. The van der Waals surface area contributed by atoms with Gasteiger partial charge in [0, 0.05) is 18.8 Å². The van der Waals surface area contributed by atoms with E-state index in [9.17, 15) is 4.79 Å². The number of rotatable bonds is 3. The molecule has 0 unspecified atom stereocenters. The van der Waals surface area contributed by atoms with Crippen molar-refractivity contribution in [3.63, 3.8) is 0 Å². The molecule has 1 heterocycles. The van der Waals surface area contributed by atoms with E-state index in [0.717, 1.165) is 31.5 Å². The van der Waals surface area contributed by atoms with E-state index in [1.54, 1.807) is 0 Å². The maximum Gasteiger partial charge on any atom is 0.338 e. The highest BCUT2D eigenvalue weighted by atomic mass is 16.5. The third kappa shape index (κ3) is 2.77. The van der Waals surface area contributed by atoms with E-state index in [2.05, 4.69) is 29.2 Å². The lowest BCUT2D eigenvalue weighted by Crippen LogP contribution is -2.29. The van der Waals surface area contributed by atoms with Crippen molar-refractivity contribution in [3.05, 3.63) is 65.2 Å². The summed E-state index contributed by atoms with van der Waals surface area (Å²) in [6.45, 7) is 1.76. The molecule has 0 aromatic heterocycles. The first-order valence-electron chi connectivity index (χ1n) is 7.28. The summed E-state index contributed by atoms with van der Waals surface area (Å²) >= 11 is 0. The summed E-state index contributed by atoms with van der Waals surface area (Å²) in [5.74, 6) is -0.268. The minimum atomic E-state index is -0.268. The summed E-state index contributed by atoms with van der Waals surface area (Å²) in [5.41, 5.74) is 4.34. The Morgan fingerprint density at radius 1 is 1.14 bits per heavy atom. The molecule has 0 saturated carbocycles. The van der Waals surface area contributed by atoms with E-state index in [4.69, 9.17) is 4.74 Å². The number of nitrogens with zero attached hydrogens (tertiary/aromatic N) is 1. The van der Waals surface area contributed by atoms with Gasteiger partial charge in [-0.15, -0.1) is 0 Å². The second-order valence-corrected chi connectivity index (χ2v) is 5.30. The number of carbonyl (C=O) groups is 1. The average molecular weight is 281 g/mol. The van der Waals surface area contributed by atoms with Crippen LogP contribution in [-0.2, 0) is 17.7 Å². The molecular formula is C18H19NO2. The fourth-order valence-electron chi connectivity index (χ4n) is 2.95. The molecule has 2 aromatic rings. The molecule has 3 rings (SSSR count). The zero-order chi connectivity index (χ0) is 14.7. The fourth-order valence-corrected chi connectivity index (χ4v) is 2.95. The van der Waals surface area contributed by atoms with Crippen LogP contribution in [0.25, 0.3) is 0 Å². The number of hydrogen-bond acceptors (Lipinski definition) is 3. The summed E-state index contributed by atoms with van der Waals surface area (Å²) in [5, 5.41) is 0. The van der Waals surface area contributed by atoms with Gasteiger partial charge in [-0.1, -0.05) is 36.4 Å². The number of aryl methyl sites for hydroxylation is 1. The number of para-hydroxylation sites is 1. The monoisotopic (exact) mass is 281 g/mol. The Morgan fingerprint density at radius 2 is 1.90 bits per heavy atom. The standard InChI is InChI=1S/C18H19NO2/c1-21-18(20)16-10-4-2-8-15(16)13-19-12-6-9-14-7-3-5-11-17(14)19/h2-5,7-8,10-11H,6,9,12-13H2,1H3. The minimum Gasteiger partial charge on any atom is -0.465 e. The molecule has 3 heteroatoms. The highest BCUT2D eigenvalue weighted by molar-refractivity contribution is 5.91. The van der Waals surface area contributed by atoms with Gasteiger partial charge in [-0.05, 0) is 36.1 Å². The quantitative estimate of drug-likeness (QED) is 0.807. The summed E-state index contributed by atoms with van der Waals surface area (Å²) < 4.78 is 4.88. The van der Waals surface area contributed by atoms with Crippen molar-refractivity contribution in [3.8, 4) is 0 Å². The second kappa shape index (κ2) is 6.00. The Kier molecular flexibility index (Phi) is 3.91. The Hall–Kier alpha value is -2.29. The third-order valence-electron chi connectivity index (χ3n) is 3.99. The number of fused-ring (bicyclic) bond motifs is 1. The summed E-state index contributed by atoms with van der Waals surface area (Å²) in [6.07, 6.45) is 2.28. The SMILES string of the molecule is COC(=O)c1ccccc1CN1CCCc2ccccc21. The van der Waals surface area contributed by atoms with Crippen molar-refractivity contribution in [2.24, 2.45) is 0 Å². The van der Waals surface area contributed by atoms with Gasteiger partial charge in [0.1, 0.15) is 0 Å². The van der Waals surface area contributed by atoms with Gasteiger partial charge in [0.2, 0.25) is 0 Å². The maximum atomic E-state index is 11.9. The van der Waals surface area contributed by atoms with E-state index in [-0.39, 0.29) is 5.97 Å². The number of carbonyl (C=O) groups excluding carboxylic acids is 1. The average Bonchev–Trinajstić information content (AvgIpc) is 2.55. The number of hydrogen-bond donors (Lipinski definition) is 0. The van der Waals surface area contributed by atoms with Gasteiger partial charge in [-0.2, -0.15) is 0 Å². The lowest BCUT2D eigenvalue weighted by Gasteiger charge is -2.31. The molecule has 0 radical (unpaired) electrons. The lowest BCUT2D eigenvalue weighted by molar-refractivity contribution is 0.0599. The molecule has 2 aromatic carbocycles. The molecule has 0 spiro atoms. The van der Waals surface area contributed by atoms with Gasteiger partial charge in [-0.25, -0.2) is 4.79 Å². The molecule has 0 aliphatic carbocycles. The van der Waals surface area contributed by atoms with Crippen molar-refractivity contribution in [1.82, 2.24) is 0 Å². The van der Waals surface area contributed by atoms with E-state index >= 15 is 0 Å². The van der Waals surface area contributed by atoms with Gasteiger partial charge in [0.25, 0.3) is 0 Å². The van der Waals surface area contributed by atoms with Crippen molar-refractivity contribution >= 4 is 11.7 Å². The molecule has 108 valence electrons. The first-order chi connectivity index (χ1) is 10.3. The predicted octanol–water partition coefficient (Wildman–Crippen LogP) is 3.43. The topological polar surface area (TPSA) is 29.5 Å². The third-order valence-corrected chi connectivity index (χ3v) is 3.99. The summed E-state index contributed by atoms with van der Waals surface area (Å²) in [6, 6.07) is 16.2. The van der Waals surface area contributed by atoms with Crippen LogP contribution in [0.3, 0.4) is 0 Å². The van der Waals surface area contributed by atoms with Gasteiger partial charge in [-0.3, -0.25) is 0 Å². The minimum absolute atomic E-state index is 0.268. The van der Waals surface area contributed by atoms with Crippen LogP contribution in [0.1, 0.15) is 27.9 Å². The summed E-state index contributed by atoms with van der Waals surface area (Å²) in [7, 11) is 1.43. The van der Waals surface area contributed by atoms with Gasteiger partial charge < -0.3 is 9.64 Å².